The van der Waals surface area contributed by atoms with E-state index < -0.39 is 0 Å². The Balaban J connectivity index is 1.40. The second-order valence-electron chi connectivity index (χ2n) is 5.83. The van der Waals surface area contributed by atoms with Gasteiger partial charge in [0.25, 0.3) is 0 Å². The molecule has 1 aliphatic rings. The average molecular weight is 299 g/mol. The Morgan fingerprint density at radius 1 is 0.955 bits per heavy atom. The van der Waals surface area contributed by atoms with E-state index in [9.17, 15) is 4.39 Å². The highest BCUT2D eigenvalue weighted by atomic mass is 19.1. The third-order valence-corrected chi connectivity index (χ3v) is 4.35. The molecule has 0 aromatic heterocycles. The molecule has 1 saturated heterocycles. The van der Waals surface area contributed by atoms with Gasteiger partial charge in [0.2, 0.25) is 0 Å². The van der Waals surface area contributed by atoms with E-state index in [1.165, 1.54) is 30.5 Å². The van der Waals surface area contributed by atoms with E-state index in [4.69, 9.17) is 4.74 Å². The first-order valence-electron chi connectivity index (χ1n) is 7.97. The minimum Gasteiger partial charge on any atom is -0.492 e. The fourth-order valence-corrected chi connectivity index (χ4v) is 3.04. The van der Waals surface area contributed by atoms with Crippen LogP contribution in [0.3, 0.4) is 0 Å². The van der Waals surface area contributed by atoms with Crippen molar-refractivity contribution in [1.29, 1.82) is 0 Å². The monoisotopic (exact) mass is 299 g/mol. The van der Waals surface area contributed by atoms with Gasteiger partial charge >= 0.3 is 0 Å². The molecule has 0 atom stereocenters. The van der Waals surface area contributed by atoms with E-state index in [2.05, 4.69) is 35.2 Å². The van der Waals surface area contributed by atoms with Crippen LogP contribution >= 0.6 is 0 Å². The Morgan fingerprint density at radius 2 is 1.64 bits per heavy atom. The number of piperidine rings is 1. The number of rotatable bonds is 5. The third kappa shape index (κ3) is 4.08. The summed E-state index contributed by atoms with van der Waals surface area (Å²) in [6.07, 6.45) is 2.42. The van der Waals surface area contributed by atoms with Gasteiger partial charge in [0.1, 0.15) is 18.2 Å². The Kier molecular flexibility index (Phi) is 5.07. The maximum absolute atomic E-state index is 12.8. The molecule has 2 aromatic carbocycles. The number of hydrogen-bond donors (Lipinski definition) is 0. The molecule has 0 spiro atoms. The summed E-state index contributed by atoms with van der Waals surface area (Å²) in [4.78, 5) is 2.45. The lowest BCUT2D eigenvalue weighted by molar-refractivity contribution is 0.173. The lowest BCUT2D eigenvalue weighted by atomic mass is 9.89. The molecular weight excluding hydrogens is 277 g/mol. The number of nitrogens with zero attached hydrogens (tertiary/aromatic N) is 1. The maximum atomic E-state index is 12.8. The van der Waals surface area contributed by atoms with E-state index in [0.29, 0.717) is 12.5 Å². The van der Waals surface area contributed by atoms with Crippen molar-refractivity contribution < 1.29 is 9.13 Å². The smallest absolute Gasteiger partial charge is 0.123 e. The van der Waals surface area contributed by atoms with Gasteiger partial charge in [-0.15, -0.1) is 0 Å². The zero-order valence-corrected chi connectivity index (χ0v) is 12.7. The van der Waals surface area contributed by atoms with Crippen molar-refractivity contribution >= 4 is 0 Å². The minimum absolute atomic E-state index is 0.227. The molecule has 2 nitrogen and oxygen atoms in total. The van der Waals surface area contributed by atoms with Crippen LogP contribution in [0.4, 0.5) is 4.39 Å². The van der Waals surface area contributed by atoms with Gasteiger partial charge in [-0.2, -0.15) is 0 Å². The number of benzene rings is 2. The molecule has 0 N–H and O–H groups in total. The SMILES string of the molecule is Fc1ccc(OCCN2CCC(c3ccccc3)CC2)cc1. The standard InChI is InChI=1S/C19H22FNO/c20-18-6-8-19(9-7-18)22-15-14-21-12-10-17(11-13-21)16-4-2-1-3-5-16/h1-9,17H,10-15H2. The fraction of sp³-hybridized carbons (Fsp3) is 0.368. The Labute approximate surface area is 131 Å². The predicted octanol–water partition coefficient (Wildman–Crippen LogP) is 4.08. The summed E-state index contributed by atoms with van der Waals surface area (Å²) in [6, 6.07) is 17.0. The lowest BCUT2D eigenvalue weighted by Gasteiger charge is -2.32. The van der Waals surface area contributed by atoms with Gasteiger partial charge in [-0.3, -0.25) is 4.90 Å². The van der Waals surface area contributed by atoms with Crippen molar-refractivity contribution in [3.8, 4) is 5.75 Å². The summed E-state index contributed by atoms with van der Waals surface area (Å²) in [5, 5.41) is 0. The molecule has 0 saturated carbocycles. The van der Waals surface area contributed by atoms with Crippen LogP contribution in [0.1, 0.15) is 24.3 Å². The van der Waals surface area contributed by atoms with E-state index >= 15 is 0 Å². The molecule has 2 aromatic rings. The number of ether oxygens (including phenoxy) is 1. The summed E-state index contributed by atoms with van der Waals surface area (Å²) >= 11 is 0. The molecule has 1 aliphatic heterocycles. The van der Waals surface area contributed by atoms with Crippen LogP contribution in [0.5, 0.6) is 5.75 Å². The van der Waals surface area contributed by atoms with Crippen molar-refractivity contribution in [2.45, 2.75) is 18.8 Å². The largest absolute Gasteiger partial charge is 0.492 e. The van der Waals surface area contributed by atoms with Gasteiger partial charge in [-0.05, 0) is 61.7 Å². The molecule has 1 fully saturated rings. The quantitative estimate of drug-likeness (QED) is 0.824. The van der Waals surface area contributed by atoms with Gasteiger partial charge in [-0.1, -0.05) is 30.3 Å². The van der Waals surface area contributed by atoms with E-state index in [-0.39, 0.29) is 5.82 Å². The Bertz CT molecular complexity index is 562. The molecule has 0 unspecified atom stereocenters. The van der Waals surface area contributed by atoms with Crippen molar-refractivity contribution in [3.63, 3.8) is 0 Å². The Hall–Kier alpha value is -1.87. The molecule has 0 bridgehead atoms. The van der Waals surface area contributed by atoms with Crippen molar-refractivity contribution in [3.05, 3.63) is 66.0 Å². The highest BCUT2D eigenvalue weighted by molar-refractivity contribution is 5.22. The highest BCUT2D eigenvalue weighted by Crippen LogP contribution is 2.27. The van der Waals surface area contributed by atoms with Crippen LogP contribution in [0.15, 0.2) is 54.6 Å². The van der Waals surface area contributed by atoms with Crippen molar-refractivity contribution in [1.82, 2.24) is 4.90 Å². The number of hydrogen-bond acceptors (Lipinski definition) is 2. The zero-order chi connectivity index (χ0) is 15.2. The van der Waals surface area contributed by atoms with Crippen LogP contribution < -0.4 is 4.74 Å². The zero-order valence-electron chi connectivity index (χ0n) is 12.7. The van der Waals surface area contributed by atoms with Crippen LogP contribution in [0.2, 0.25) is 0 Å². The molecule has 0 aliphatic carbocycles. The van der Waals surface area contributed by atoms with E-state index in [1.807, 2.05) is 0 Å². The summed E-state index contributed by atoms with van der Waals surface area (Å²) in [5.74, 6) is 1.20. The lowest BCUT2D eigenvalue weighted by Crippen LogP contribution is -2.35. The van der Waals surface area contributed by atoms with Crippen LogP contribution in [0, 0.1) is 5.82 Å². The van der Waals surface area contributed by atoms with Crippen LogP contribution in [-0.2, 0) is 0 Å². The molecule has 3 rings (SSSR count). The maximum Gasteiger partial charge on any atom is 0.123 e. The number of halogens is 1. The third-order valence-electron chi connectivity index (χ3n) is 4.35. The first kappa shape index (κ1) is 15.0. The second-order valence-corrected chi connectivity index (χ2v) is 5.83. The van der Waals surface area contributed by atoms with Gasteiger partial charge in [0.05, 0.1) is 0 Å². The predicted molar refractivity (Wildman–Crippen MR) is 86.8 cm³/mol. The molecule has 0 radical (unpaired) electrons. The summed E-state index contributed by atoms with van der Waals surface area (Å²) in [6.45, 7) is 3.82. The van der Waals surface area contributed by atoms with Gasteiger partial charge in [0, 0.05) is 6.54 Å². The van der Waals surface area contributed by atoms with E-state index in [0.717, 1.165) is 25.4 Å². The summed E-state index contributed by atoms with van der Waals surface area (Å²) in [7, 11) is 0. The molecular formula is C19H22FNO. The topological polar surface area (TPSA) is 12.5 Å². The van der Waals surface area contributed by atoms with E-state index in [1.54, 1.807) is 12.1 Å². The molecule has 0 amide bonds. The van der Waals surface area contributed by atoms with Crippen LogP contribution in [0.25, 0.3) is 0 Å². The van der Waals surface area contributed by atoms with Gasteiger partial charge in [-0.25, -0.2) is 4.39 Å². The van der Waals surface area contributed by atoms with Gasteiger partial charge < -0.3 is 4.74 Å². The summed E-state index contributed by atoms with van der Waals surface area (Å²) < 4.78 is 18.5. The van der Waals surface area contributed by atoms with Crippen LogP contribution in [-0.4, -0.2) is 31.1 Å². The normalized spacial score (nSPS) is 16.6. The highest BCUT2D eigenvalue weighted by Gasteiger charge is 2.20. The Morgan fingerprint density at radius 3 is 2.32 bits per heavy atom. The molecule has 116 valence electrons. The average Bonchev–Trinajstić information content (AvgIpc) is 2.58. The van der Waals surface area contributed by atoms with Gasteiger partial charge in [0.15, 0.2) is 0 Å². The van der Waals surface area contributed by atoms with Crippen molar-refractivity contribution in [2.24, 2.45) is 0 Å². The minimum atomic E-state index is -0.227. The summed E-state index contributed by atoms with van der Waals surface area (Å²) in [5.41, 5.74) is 1.46. The molecule has 1 heterocycles. The number of likely N-dealkylation sites (tertiary alicyclic amines) is 1. The molecule has 22 heavy (non-hydrogen) atoms. The molecule has 3 heteroatoms. The first-order chi connectivity index (χ1) is 10.8. The first-order valence-corrected chi connectivity index (χ1v) is 7.97. The second kappa shape index (κ2) is 7.41. The van der Waals surface area contributed by atoms with Crippen molar-refractivity contribution in [2.75, 3.05) is 26.2 Å². The fourth-order valence-electron chi connectivity index (χ4n) is 3.04.